The zero-order valence-electron chi connectivity index (χ0n) is 22.7. The summed E-state index contributed by atoms with van der Waals surface area (Å²) >= 11 is 0.791. The number of sulfonamides is 2. The number of thiophene rings is 1. The van der Waals surface area contributed by atoms with Crippen LogP contribution in [0.3, 0.4) is 0 Å². The summed E-state index contributed by atoms with van der Waals surface area (Å²) in [5.41, 5.74) is 0.521. The third kappa shape index (κ3) is 10.4. The molecule has 10 heteroatoms. The molecule has 1 aliphatic rings. The van der Waals surface area contributed by atoms with Gasteiger partial charge in [-0.3, -0.25) is 0 Å². The number of hydrogen-bond donors (Lipinski definition) is 1. The highest BCUT2D eigenvalue weighted by Crippen LogP contribution is 2.40. The normalized spacial score (nSPS) is 18.4. The Kier molecular flexibility index (Phi) is 14.3. The van der Waals surface area contributed by atoms with E-state index in [9.17, 15) is 16.8 Å². The van der Waals surface area contributed by atoms with Crippen molar-refractivity contribution in [1.82, 2.24) is 9.62 Å². The van der Waals surface area contributed by atoms with Crippen LogP contribution in [0.15, 0.2) is 43.2 Å². The van der Waals surface area contributed by atoms with Gasteiger partial charge in [0.2, 0.25) is 0 Å². The molecule has 1 aromatic heterocycles. The van der Waals surface area contributed by atoms with Gasteiger partial charge in [0.15, 0.2) is 0 Å². The van der Waals surface area contributed by atoms with Gasteiger partial charge in [0.25, 0.3) is 20.0 Å². The van der Waals surface area contributed by atoms with E-state index in [1.54, 1.807) is 0 Å². The van der Waals surface area contributed by atoms with Crippen molar-refractivity contribution in [3.8, 4) is 0 Å². The number of allylic oxidation sites excluding steroid dienone is 4. The topological polar surface area (TPSA) is 95.9 Å². The Morgan fingerprint density at radius 2 is 1.62 bits per heavy atom. The molecular formula is C27H45N3O4S3. The number of unbranched alkanes of at least 4 members (excludes halogenated alkanes) is 9. The number of hydrogen-bond acceptors (Lipinski definition) is 6. The van der Waals surface area contributed by atoms with E-state index in [-0.39, 0.29) is 21.0 Å². The molecule has 0 saturated heterocycles. The average molecular weight is 572 g/mol. The largest absolute Gasteiger partial charge is 0.309 e. The fourth-order valence-corrected chi connectivity index (χ4v) is 8.73. The molecule has 1 aliphatic heterocycles. The number of nitrogens with one attached hydrogen (secondary N) is 1. The van der Waals surface area contributed by atoms with Gasteiger partial charge in [0, 0.05) is 31.4 Å². The number of likely N-dealkylation sites (N-methyl/N-ethyl adjacent to an activating group) is 2. The molecule has 2 heterocycles. The van der Waals surface area contributed by atoms with Crippen LogP contribution in [0.2, 0.25) is 0 Å². The van der Waals surface area contributed by atoms with Crippen LogP contribution >= 0.6 is 11.3 Å². The third-order valence-electron chi connectivity index (χ3n) is 6.36. The molecule has 0 spiro atoms. The Bertz CT molecular complexity index is 1110. The lowest BCUT2D eigenvalue weighted by Gasteiger charge is -2.29. The minimum atomic E-state index is -3.92. The molecule has 0 amide bonds. The third-order valence-corrected chi connectivity index (χ3v) is 11.6. The maximum atomic E-state index is 12.7. The predicted molar refractivity (Wildman–Crippen MR) is 156 cm³/mol. The zero-order valence-corrected chi connectivity index (χ0v) is 25.1. The molecule has 0 unspecified atom stereocenters. The van der Waals surface area contributed by atoms with Gasteiger partial charge in [0.1, 0.15) is 8.42 Å². The van der Waals surface area contributed by atoms with Crippen molar-refractivity contribution in [3.05, 3.63) is 35.9 Å². The molecule has 37 heavy (non-hydrogen) atoms. The number of fused-ring (bicyclic) bond motifs is 1. The fourth-order valence-electron chi connectivity index (χ4n) is 4.20. The average Bonchev–Trinajstić information content (AvgIpc) is 3.33. The van der Waals surface area contributed by atoms with Gasteiger partial charge in [-0.05, 0) is 57.6 Å². The van der Waals surface area contributed by atoms with Crippen LogP contribution in [-0.4, -0.2) is 47.5 Å². The van der Waals surface area contributed by atoms with E-state index in [1.165, 1.54) is 62.2 Å². The van der Waals surface area contributed by atoms with Gasteiger partial charge in [0.05, 0.1) is 0 Å². The molecule has 0 bridgehead atoms. The number of nitrogens with zero attached hydrogens (tertiary/aromatic N) is 2. The Morgan fingerprint density at radius 1 is 1.00 bits per heavy atom. The second kappa shape index (κ2) is 16.6. The first-order valence-corrected chi connectivity index (χ1v) is 17.4. The Balaban J connectivity index is 1.69. The first-order valence-electron chi connectivity index (χ1n) is 13.7. The van der Waals surface area contributed by atoms with Gasteiger partial charge in [-0.1, -0.05) is 70.3 Å². The standard InChI is InChI=1S/C27H45N3O4S3/c1-4-6-7-8-9-10-11-12-13-14-15-16-17-18-19-20-21-29-36(31,32)26-22-24-25(28-5-2)23-30(3)37(33,34)27(24)35-26/h9-10,12-13,21-22,25,28H,4-8,11,14-20,23H2,1-3H3/b10-9+,13-12+,29-21?/t25-/m0/s1. The van der Waals surface area contributed by atoms with Crippen LogP contribution in [0.5, 0.6) is 0 Å². The predicted octanol–water partition coefficient (Wildman–Crippen LogP) is 6.61. The van der Waals surface area contributed by atoms with Crippen molar-refractivity contribution in [2.75, 3.05) is 20.1 Å². The Morgan fingerprint density at radius 3 is 2.27 bits per heavy atom. The molecule has 0 radical (unpaired) electrons. The molecule has 7 nitrogen and oxygen atoms in total. The van der Waals surface area contributed by atoms with E-state index in [1.807, 2.05) is 6.92 Å². The fraction of sp³-hybridized carbons (Fsp3) is 0.667. The summed E-state index contributed by atoms with van der Waals surface area (Å²) in [5, 5.41) is 3.24. The summed E-state index contributed by atoms with van der Waals surface area (Å²) in [7, 11) is -6.08. The van der Waals surface area contributed by atoms with Crippen molar-refractivity contribution in [2.45, 2.75) is 105 Å². The second-order valence-corrected chi connectivity index (χ2v) is 14.6. The maximum absolute atomic E-state index is 12.7. The van der Waals surface area contributed by atoms with Gasteiger partial charge in [-0.2, -0.15) is 17.1 Å². The van der Waals surface area contributed by atoms with Crippen LogP contribution in [0.25, 0.3) is 0 Å². The minimum absolute atomic E-state index is 0.0180. The summed E-state index contributed by atoms with van der Waals surface area (Å²) in [4.78, 5) is 0. The Labute approximate surface area is 229 Å². The van der Waals surface area contributed by atoms with Crippen LogP contribution in [-0.2, 0) is 20.0 Å². The SMILES string of the molecule is CCCCC/C=C/C/C=C/CCCCCCCC=NS(=O)(=O)c1cc2c(s1)S(=O)(=O)N(C)C[C@@H]2NCC. The van der Waals surface area contributed by atoms with E-state index in [0.29, 0.717) is 18.5 Å². The highest BCUT2D eigenvalue weighted by molar-refractivity contribution is 7.94. The molecular weight excluding hydrogens is 527 g/mol. The van der Waals surface area contributed by atoms with Crippen molar-refractivity contribution < 1.29 is 16.8 Å². The lowest BCUT2D eigenvalue weighted by Crippen LogP contribution is -2.40. The van der Waals surface area contributed by atoms with Crippen LogP contribution < -0.4 is 5.32 Å². The lowest BCUT2D eigenvalue weighted by atomic mass is 10.1. The van der Waals surface area contributed by atoms with Crippen molar-refractivity contribution >= 4 is 37.6 Å². The highest BCUT2D eigenvalue weighted by atomic mass is 32.3. The van der Waals surface area contributed by atoms with Crippen molar-refractivity contribution in [1.29, 1.82) is 0 Å². The monoisotopic (exact) mass is 571 g/mol. The quantitative estimate of drug-likeness (QED) is 0.122. The van der Waals surface area contributed by atoms with Gasteiger partial charge in [-0.25, -0.2) is 8.42 Å². The summed E-state index contributed by atoms with van der Waals surface area (Å²) in [6.45, 7) is 5.09. The number of rotatable bonds is 18. The van der Waals surface area contributed by atoms with Gasteiger partial charge >= 0.3 is 0 Å². The van der Waals surface area contributed by atoms with Crippen molar-refractivity contribution in [2.24, 2.45) is 4.40 Å². The molecule has 210 valence electrons. The first-order chi connectivity index (χ1) is 17.7. The minimum Gasteiger partial charge on any atom is -0.309 e. The van der Waals surface area contributed by atoms with E-state index < -0.39 is 20.0 Å². The molecule has 2 rings (SSSR count). The van der Waals surface area contributed by atoms with Crippen molar-refractivity contribution in [3.63, 3.8) is 0 Å². The second-order valence-electron chi connectivity index (χ2n) is 9.49. The molecule has 0 aromatic carbocycles. The van der Waals surface area contributed by atoms with Gasteiger partial charge in [-0.15, -0.1) is 11.3 Å². The first kappa shape index (κ1) is 31.9. The summed E-state index contributed by atoms with van der Waals surface area (Å²) in [6, 6.07) is 1.24. The molecule has 0 aliphatic carbocycles. The summed E-state index contributed by atoms with van der Waals surface area (Å²) in [5.74, 6) is 0. The molecule has 1 atom stereocenters. The summed E-state index contributed by atoms with van der Waals surface area (Å²) in [6.07, 6.45) is 23.7. The van der Waals surface area contributed by atoms with E-state index in [0.717, 1.165) is 43.4 Å². The summed E-state index contributed by atoms with van der Waals surface area (Å²) < 4.78 is 56.0. The highest BCUT2D eigenvalue weighted by Gasteiger charge is 2.38. The molecule has 0 fully saturated rings. The smallest absolute Gasteiger partial charge is 0.291 e. The van der Waals surface area contributed by atoms with E-state index in [2.05, 4.69) is 40.9 Å². The maximum Gasteiger partial charge on any atom is 0.291 e. The van der Waals surface area contributed by atoms with Gasteiger partial charge < -0.3 is 5.32 Å². The lowest BCUT2D eigenvalue weighted by molar-refractivity contribution is 0.385. The van der Waals surface area contributed by atoms with Crippen LogP contribution in [0, 0.1) is 0 Å². The molecule has 1 N–H and O–H groups in total. The van der Waals surface area contributed by atoms with Crippen LogP contribution in [0.1, 0.15) is 103 Å². The molecule has 1 aromatic rings. The van der Waals surface area contributed by atoms with Crippen LogP contribution in [0.4, 0.5) is 0 Å². The zero-order chi connectivity index (χ0) is 27.2. The molecule has 0 saturated carbocycles. The Hall–Kier alpha value is -1.33. The van der Waals surface area contributed by atoms with E-state index in [4.69, 9.17) is 0 Å². The van der Waals surface area contributed by atoms with E-state index >= 15 is 0 Å².